The van der Waals surface area contributed by atoms with Crippen molar-refractivity contribution in [1.82, 2.24) is 0 Å². The van der Waals surface area contributed by atoms with Crippen molar-refractivity contribution in [3.05, 3.63) is 57.3 Å². The molecular formula is C16H16Cl2FNO. The molecule has 0 fully saturated rings. The second kappa shape index (κ2) is 6.54. The number of nitrogens with one attached hydrogen (secondary N) is 1. The summed E-state index contributed by atoms with van der Waals surface area (Å²) >= 11 is 12.1. The van der Waals surface area contributed by atoms with E-state index in [0.717, 1.165) is 17.0 Å². The minimum Gasteiger partial charge on any atom is -0.496 e. The Bertz CT molecular complexity index is 661. The molecule has 0 aliphatic heterocycles. The van der Waals surface area contributed by atoms with Gasteiger partial charge < -0.3 is 10.1 Å². The van der Waals surface area contributed by atoms with E-state index in [1.165, 1.54) is 12.1 Å². The fourth-order valence-corrected chi connectivity index (χ4v) is 2.93. The van der Waals surface area contributed by atoms with Crippen LogP contribution in [0.15, 0.2) is 30.3 Å². The van der Waals surface area contributed by atoms with Crippen molar-refractivity contribution in [2.24, 2.45) is 0 Å². The largest absolute Gasteiger partial charge is 0.496 e. The Hall–Kier alpha value is -1.45. The minimum atomic E-state index is -0.476. The van der Waals surface area contributed by atoms with Gasteiger partial charge in [-0.25, -0.2) is 4.39 Å². The molecule has 0 heterocycles. The van der Waals surface area contributed by atoms with Crippen LogP contribution in [-0.4, -0.2) is 7.11 Å². The number of hydrogen-bond acceptors (Lipinski definition) is 2. The van der Waals surface area contributed by atoms with Gasteiger partial charge in [0.05, 0.1) is 18.2 Å². The molecule has 2 nitrogen and oxygen atoms in total. The van der Waals surface area contributed by atoms with Crippen molar-refractivity contribution in [3.63, 3.8) is 0 Å². The highest BCUT2D eigenvalue weighted by atomic mass is 35.5. The highest BCUT2D eigenvalue weighted by molar-refractivity contribution is 6.36. The number of anilines is 1. The lowest BCUT2D eigenvalue weighted by Gasteiger charge is -2.19. The lowest BCUT2D eigenvalue weighted by Crippen LogP contribution is -2.09. The zero-order valence-corrected chi connectivity index (χ0v) is 13.5. The van der Waals surface area contributed by atoms with E-state index in [2.05, 4.69) is 5.32 Å². The summed E-state index contributed by atoms with van der Waals surface area (Å²) in [6.45, 7) is 3.84. The lowest BCUT2D eigenvalue weighted by molar-refractivity contribution is 0.412. The van der Waals surface area contributed by atoms with Crippen molar-refractivity contribution < 1.29 is 9.13 Å². The first-order chi connectivity index (χ1) is 9.93. The molecule has 2 rings (SSSR count). The highest BCUT2D eigenvalue weighted by Crippen LogP contribution is 2.34. The molecule has 0 aromatic heterocycles. The fourth-order valence-electron chi connectivity index (χ4n) is 2.23. The van der Waals surface area contributed by atoms with Crippen molar-refractivity contribution in [2.75, 3.05) is 12.4 Å². The van der Waals surface area contributed by atoms with Gasteiger partial charge in [-0.05, 0) is 49.7 Å². The van der Waals surface area contributed by atoms with E-state index in [1.54, 1.807) is 7.11 Å². The van der Waals surface area contributed by atoms with Gasteiger partial charge in [0.25, 0.3) is 0 Å². The van der Waals surface area contributed by atoms with Gasteiger partial charge in [-0.1, -0.05) is 23.2 Å². The third kappa shape index (κ3) is 3.42. The van der Waals surface area contributed by atoms with Crippen LogP contribution in [0.3, 0.4) is 0 Å². The van der Waals surface area contributed by atoms with E-state index in [-0.39, 0.29) is 11.1 Å². The van der Waals surface area contributed by atoms with Gasteiger partial charge in [-0.2, -0.15) is 0 Å². The van der Waals surface area contributed by atoms with Crippen LogP contribution in [0.1, 0.15) is 24.1 Å². The molecule has 0 bridgehead atoms. The van der Waals surface area contributed by atoms with Crippen LogP contribution in [-0.2, 0) is 0 Å². The van der Waals surface area contributed by atoms with Crippen molar-refractivity contribution >= 4 is 28.9 Å². The summed E-state index contributed by atoms with van der Waals surface area (Å²) in [5.41, 5.74) is 2.44. The van der Waals surface area contributed by atoms with Gasteiger partial charge in [-0.3, -0.25) is 0 Å². The second-order valence-corrected chi connectivity index (χ2v) is 5.59. The Kier molecular flexibility index (Phi) is 4.96. The molecule has 112 valence electrons. The smallest absolute Gasteiger partial charge is 0.142 e. The Balaban J connectivity index is 2.28. The summed E-state index contributed by atoms with van der Waals surface area (Å²) in [5.74, 6) is 0.339. The standard InChI is InChI=1S/C16H16Cl2FNO/c1-9-8-11(4-7-14(9)21-3)20-10(2)15-12(17)5-6-13(19)16(15)18/h4-8,10,20H,1-3H3. The van der Waals surface area contributed by atoms with E-state index in [9.17, 15) is 4.39 Å². The fraction of sp³-hybridized carbons (Fsp3) is 0.250. The van der Waals surface area contributed by atoms with E-state index in [1.807, 2.05) is 32.0 Å². The van der Waals surface area contributed by atoms with Crippen LogP contribution in [0.4, 0.5) is 10.1 Å². The van der Waals surface area contributed by atoms with Crippen LogP contribution in [0, 0.1) is 12.7 Å². The molecule has 0 saturated heterocycles. The van der Waals surface area contributed by atoms with Crippen molar-refractivity contribution in [3.8, 4) is 5.75 Å². The Morgan fingerprint density at radius 3 is 2.52 bits per heavy atom. The van der Waals surface area contributed by atoms with Gasteiger partial charge >= 0.3 is 0 Å². The van der Waals surface area contributed by atoms with Crippen LogP contribution >= 0.6 is 23.2 Å². The maximum atomic E-state index is 13.6. The SMILES string of the molecule is COc1ccc(NC(C)c2c(Cl)ccc(F)c2Cl)cc1C. The van der Waals surface area contributed by atoms with Gasteiger partial charge in [0, 0.05) is 16.3 Å². The van der Waals surface area contributed by atoms with E-state index < -0.39 is 5.82 Å². The first-order valence-electron chi connectivity index (χ1n) is 6.48. The number of benzene rings is 2. The molecule has 0 saturated carbocycles. The Morgan fingerprint density at radius 1 is 1.19 bits per heavy atom. The summed E-state index contributed by atoms with van der Waals surface area (Å²) in [5, 5.41) is 3.75. The van der Waals surface area contributed by atoms with Gasteiger partial charge in [0.2, 0.25) is 0 Å². The predicted molar refractivity (Wildman–Crippen MR) is 86.2 cm³/mol. The maximum Gasteiger partial charge on any atom is 0.142 e. The Labute approximate surface area is 133 Å². The first-order valence-corrected chi connectivity index (χ1v) is 7.24. The van der Waals surface area contributed by atoms with Crippen molar-refractivity contribution in [2.45, 2.75) is 19.9 Å². The van der Waals surface area contributed by atoms with Crippen molar-refractivity contribution in [1.29, 1.82) is 0 Å². The summed E-state index contributed by atoms with van der Waals surface area (Å²) in [7, 11) is 1.63. The van der Waals surface area contributed by atoms with Crippen LogP contribution < -0.4 is 10.1 Å². The lowest BCUT2D eigenvalue weighted by atomic mass is 10.1. The van der Waals surface area contributed by atoms with Crippen LogP contribution in [0.25, 0.3) is 0 Å². The topological polar surface area (TPSA) is 21.3 Å². The minimum absolute atomic E-state index is 0.0488. The van der Waals surface area contributed by atoms with Gasteiger partial charge in [0.1, 0.15) is 11.6 Å². The molecule has 1 unspecified atom stereocenters. The summed E-state index contributed by atoms with van der Waals surface area (Å²) in [6.07, 6.45) is 0. The molecular weight excluding hydrogens is 312 g/mol. The molecule has 0 amide bonds. The number of aryl methyl sites for hydroxylation is 1. The number of halogens is 3. The average Bonchev–Trinajstić information content (AvgIpc) is 2.43. The first kappa shape index (κ1) is 15.9. The molecule has 5 heteroatoms. The summed E-state index contributed by atoms with van der Waals surface area (Å²) in [4.78, 5) is 0. The molecule has 1 N–H and O–H groups in total. The average molecular weight is 328 g/mol. The highest BCUT2D eigenvalue weighted by Gasteiger charge is 2.17. The monoisotopic (exact) mass is 327 g/mol. The molecule has 0 aliphatic carbocycles. The molecule has 1 atom stereocenters. The van der Waals surface area contributed by atoms with Gasteiger partial charge in [0.15, 0.2) is 0 Å². The maximum absolute atomic E-state index is 13.6. The number of methoxy groups -OCH3 is 1. The Morgan fingerprint density at radius 2 is 1.90 bits per heavy atom. The number of hydrogen-bond donors (Lipinski definition) is 1. The van der Waals surface area contributed by atoms with Gasteiger partial charge in [-0.15, -0.1) is 0 Å². The molecule has 0 radical (unpaired) electrons. The van der Waals surface area contributed by atoms with E-state index in [4.69, 9.17) is 27.9 Å². The predicted octanol–water partition coefficient (Wildman–Crippen LogP) is 5.62. The van der Waals surface area contributed by atoms with Crippen LogP contribution in [0.2, 0.25) is 10.0 Å². The van der Waals surface area contributed by atoms with E-state index >= 15 is 0 Å². The summed E-state index contributed by atoms with van der Waals surface area (Å²) < 4.78 is 18.8. The quantitative estimate of drug-likeness (QED) is 0.735. The molecule has 2 aromatic carbocycles. The molecule has 21 heavy (non-hydrogen) atoms. The summed E-state index contributed by atoms with van der Waals surface area (Å²) in [6, 6.07) is 8.26. The molecule has 2 aromatic rings. The normalized spacial score (nSPS) is 12.1. The third-order valence-corrected chi connectivity index (χ3v) is 4.00. The number of ether oxygens (including phenoxy) is 1. The zero-order chi connectivity index (χ0) is 15.6. The van der Waals surface area contributed by atoms with E-state index in [0.29, 0.717) is 10.6 Å². The third-order valence-electron chi connectivity index (χ3n) is 3.29. The number of rotatable bonds is 4. The van der Waals surface area contributed by atoms with Crippen LogP contribution in [0.5, 0.6) is 5.75 Å². The second-order valence-electron chi connectivity index (χ2n) is 4.81. The molecule has 0 aliphatic rings. The zero-order valence-electron chi connectivity index (χ0n) is 12.0. The molecule has 0 spiro atoms.